The van der Waals surface area contributed by atoms with Crippen molar-refractivity contribution in [3.8, 4) is 78.4 Å². The highest BCUT2D eigenvalue weighted by Gasteiger charge is 2.35. The topological polar surface area (TPSA) is 25.8 Å². The molecule has 9 aromatic rings. The average Bonchev–Trinajstić information content (AvgIpc) is 3.49. The van der Waals surface area contributed by atoms with Crippen LogP contribution in [0.1, 0.15) is 25.0 Å². The molecule has 0 radical (unpaired) electrons. The first-order valence-corrected chi connectivity index (χ1v) is 19.0. The molecule has 1 aliphatic carbocycles. The highest BCUT2D eigenvalue weighted by molar-refractivity contribution is 6.05. The molecule has 1 aromatic heterocycles. The Balaban J connectivity index is 1.05. The van der Waals surface area contributed by atoms with Gasteiger partial charge in [-0.05, 0) is 78.5 Å². The zero-order chi connectivity index (χ0) is 36.9. The third kappa shape index (κ3) is 5.75. The molecule has 8 aromatic carbocycles. The molecular weight excluding hydrogens is 665 g/mol. The van der Waals surface area contributed by atoms with Crippen molar-refractivity contribution in [1.29, 1.82) is 0 Å². The molecule has 0 bridgehead atoms. The van der Waals surface area contributed by atoms with Gasteiger partial charge in [-0.2, -0.15) is 0 Å². The van der Waals surface area contributed by atoms with Gasteiger partial charge < -0.3 is 0 Å². The second-order valence-corrected chi connectivity index (χ2v) is 15.0. The summed E-state index contributed by atoms with van der Waals surface area (Å²) in [6.45, 7) is 4.69. The Morgan fingerprint density at radius 3 is 1.44 bits per heavy atom. The predicted octanol–water partition coefficient (Wildman–Crippen LogP) is 13.9. The van der Waals surface area contributed by atoms with Gasteiger partial charge >= 0.3 is 0 Å². The lowest BCUT2D eigenvalue weighted by Crippen LogP contribution is -2.14. The van der Waals surface area contributed by atoms with Crippen LogP contribution in [0, 0.1) is 0 Å². The van der Waals surface area contributed by atoms with Crippen LogP contribution in [0.4, 0.5) is 0 Å². The number of hydrogen-bond acceptors (Lipinski definition) is 2. The molecule has 0 spiro atoms. The Hall–Kier alpha value is -6.90. The summed E-state index contributed by atoms with van der Waals surface area (Å²) in [4.78, 5) is 10.4. The molecule has 260 valence electrons. The number of hydrogen-bond donors (Lipinski definition) is 0. The molecule has 0 N–H and O–H groups in total. The third-order valence-corrected chi connectivity index (χ3v) is 11.4. The highest BCUT2D eigenvalue weighted by atomic mass is 14.9. The normalized spacial score (nSPS) is 12.7. The molecule has 1 heterocycles. The second-order valence-electron chi connectivity index (χ2n) is 15.0. The van der Waals surface area contributed by atoms with Crippen molar-refractivity contribution < 1.29 is 0 Å². The van der Waals surface area contributed by atoms with Crippen molar-refractivity contribution in [3.63, 3.8) is 0 Å². The van der Waals surface area contributed by atoms with Gasteiger partial charge in [0.25, 0.3) is 0 Å². The standard InChI is InChI=1S/C53H38N2/c1-53(2)48-20-12-11-19-45(48)46-30-29-41(33-49(46)53)42-31-32-47(44-18-10-9-17-43(42)44)51-34-50(54-52(55-51)40-15-7-4-8-16-40)39-27-25-38(26-28-39)37-23-21-36(22-24-37)35-13-5-3-6-14-35/h3-34H,1-2H3. The Kier molecular flexibility index (Phi) is 7.85. The quantitative estimate of drug-likeness (QED) is 0.172. The third-order valence-electron chi connectivity index (χ3n) is 11.4. The van der Waals surface area contributed by atoms with E-state index in [4.69, 9.17) is 9.97 Å². The van der Waals surface area contributed by atoms with Crippen LogP contribution < -0.4 is 0 Å². The smallest absolute Gasteiger partial charge is 0.160 e. The Morgan fingerprint density at radius 1 is 0.309 bits per heavy atom. The minimum Gasteiger partial charge on any atom is -0.228 e. The summed E-state index contributed by atoms with van der Waals surface area (Å²) < 4.78 is 0. The zero-order valence-electron chi connectivity index (χ0n) is 30.9. The Bertz CT molecular complexity index is 2850. The van der Waals surface area contributed by atoms with Crippen molar-refractivity contribution in [2.24, 2.45) is 0 Å². The second kappa shape index (κ2) is 13.2. The van der Waals surface area contributed by atoms with E-state index >= 15 is 0 Å². The van der Waals surface area contributed by atoms with E-state index in [1.54, 1.807) is 0 Å². The largest absolute Gasteiger partial charge is 0.228 e. The van der Waals surface area contributed by atoms with E-state index in [1.165, 1.54) is 66.4 Å². The van der Waals surface area contributed by atoms with Crippen LogP contribution in [-0.2, 0) is 5.41 Å². The molecule has 2 nitrogen and oxygen atoms in total. The van der Waals surface area contributed by atoms with Crippen molar-refractivity contribution in [3.05, 3.63) is 205 Å². The van der Waals surface area contributed by atoms with Gasteiger partial charge in [0.15, 0.2) is 5.82 Å². The van der Waals surface area contributed by atoms with Gasteiger partial charge in [-0.1, -0.05) is 196 Å². The Morgan fingerprint density at radius 2 is 0.764 bits per heavy atom. The number of fused-ring (bicyclic) bond motifs is 4. The molecule has 0 fully saturated rings. The van der Waals surface area contributed by atoms with Crippen LogP contribution in [-0.4, -0.2) is 9.97 Å². The van der Waals surface area contributed by atoms with Crippen LogP contribution in [0.5, 0.6) is 0 Å². The average molecular weight is 703 g/mol. The van der Waals surface area contributed by atoms with Gasteiger partial charge in [0.1, 0.15) is 0 Å². The van der Waals surface area contributed by atoms with Crippen molar-refractivity contribution in [1.82, 2.24) is 9.97 Å². The molecule has 2 heteroatoms. The fraction of sp³-hybridized carbons (Fsp3) is 0.0566. The molecule has 10 rings (SSSR count). The van der Waals surface area contributed by atoms with E-state index in [-0.39, 0.29) is 5.41 Å². The molecule has 0 atom stereocenters. The molecular formula is C53H38N2. The van der Waals surface area contributed by atoms with E-state index in [0.29, 0.717) is 5.82 Å². The lowest BCUT2D eigenvalue weighted by atomic mass is 9.81. The minimum atomic E-state index is -0.0614. The maximum absolute atomic E-state index is 5.23. The number of rotatable bonds is 6. The molecule has 0 amide bonds. The molecule has 55 heavy (non-hydrogen) atoms. The summed E-state index contributed by atoms with van der Waals surface area (Å²) in [5.74, 6) is 0.710. The van der Waals surface area contributed by atoms with Gasteiger partial charge in [0.05, 0.1) is 11.4 Å². The van der Waals surface area contributed by atoms with Gasteiger partial charge in [-0.3, -0.25) is 0 Å². The SMILES string of the molecule is CC1(C)c2ccccc2-c2ccc(-c3ccc(-c4cc(-c5ccc(-c6ccc(-c7ccccc7)cc6)cc5)nc(-c5ccccc5)n4)c4ccccc34)cc21. The van der Waals surface area contributed by atoms with Crippen molar-refractivity contribution in [2.45, 2.75) is 19.3 Å². The summed E-state index contributed by atoms with van der Waals surface area (Å²) in [5.41, 5.74) is 17.5. The number of nitrogens with zero attached hydrogens (tertiary/aromatic N) is 2. The molecule has 0 unspecified atom stereocenters. The maximum atomic E-state index is 5.23. The summed E-state index contributed by atoms with van der Waals surface area (Å²) in [7, 11) is 0. The zero-order valence-corrected chi connectivity index (χ0v) is 30.9. The van der Waals surface area contributed by atoms with Gasteiger partial charge in [-0.15, -0.1) is 0 Å². The predicted molar refractivity (Wildman–Crippen MR) is 230 cm³/mol. The van der Waals surface area contributed by atoms with E-state index in [0.717, 1.165) is 28.1 Å². The van der Waals surface area contributed by atoms with E-state index in [2.05, 4.69) is 190 Å². The maximum Gasteiger partial charge on any atom is 0.160 e. The monoisotopic (exact) mass is 702 g/mol. The fourth-order valence-corrected chi connectivity index (χ4v) is 8.41. The molecule has 0 saturated carbocycles. The first kappa shape index (κ1) is 32.7. The highest BCUT2D eigenvalue weighted by Crippen LogP contribution is 2.50. The summed E-state index contributed by atoms with van der Waals surface area (Å²) in [5, 5.41) is 2.37. The Labute approximate surface area is 322 Å². The van der Waals surface area contributed by atoms with Crippen LogP contribution in [0.2, 0.25) is 0 Å². The van der Waals surface area contributed by atoms with E-state index in [1.807, 2.05) is 18.2 Å². The summed E-state index contributed by atoms with van der Waals surface area (Å²) in [6.07, 6.45) is 0. The van der Waals surface area contributed by atoms with Crippen LogP contribution >= 0.6 is 0 Å². The molecule has 1 aliphatic rings. The molecule has 0 aliphatic heterocycles. The van der Waals surface area contributed by atoms with E-state index < -0.39 is 0 Å². The first-order chi connectivity index (χ1) is 27.0. The van der Waals surface area contributed by atoms with Crippen molar-refractivity contribution in [2.75, 3.05) is 0 Å². The van der Waals surface area contributed by atoms with Crippen LogP contribution in [0.25, 0.3) is 89.2 Å². The van der Waals surface area contributed by atoms with E-state index in [9.17, 15) is 0 Å². The fourth-order valence-electron chi connectivity index (χ4n) is 8.41. The summed E-state index contributed by atoms with van der Waals surface area (Å²) >= 11 is 0. The molecule has 0 saturated heterocycles. The lowest BCUT2D eigenvalue weighted by molar-refractivity contribution is 0.660. The first-order valence-electron chi connectivity index (χ1n) is 19.0. The van der Waals surface area contributed by atoms with Gasteiger partial charge in [0, 0.05) is 22.1 Å². The lowest BCUT2D eigenvalue weighted by Gasteiger charge is -2.22. The van der Waals surface area contributed by atoms with Gasteiger partial charge in [-0.25, -0.2) is 9.97 Å². The summed E-state index contributed by atoms with van der Waals surface area (Å²) in [6, 6.07) is 69.6. The van der Waals surface area contributed by atoms with Crippen LogP contribution in [0.3, 0.4) is 0 Å². The number of aromatic nitrogens is 2. The van der Waals surface area contributed by atoms with Crippen LogP contribution in [0.15, 0.2) is 194 Å². The van der Waals surface area contributed by atoms with Crippen molar-refractivity contribution >= 4 is 10.8 Å². The van der Waals surface area contributed by atoms with Gasteiger partial charge in [0.2, 0.25) is 0 Å². The minimum absolute atomic E-state index is 0.0614. The number of benzene rings is 8.